The first kappa shape index (κ1) is 19.6. The number of carbonyl (C=O) groups is 2. The molecule has 7 nitrogen and oxygen atoms in total. The third kappa shape index (κ3) is 3.67. The molecule has 2 amide bonds. The molecule has 154 valence electrons. The van der Waals surface area contributed by atoms with Crippen LogP contribution in [0.4, 0.5) is 0 Å². The fraction of sp³-hybridized carbons (Fsp3) is 0.500. The van der Waals surface area contributed by atoms with E-state index >= 15 is 0 Å². The van der Waals surface area contributed by atoms with Crippen molar-refractivity contribution in [2.45, 2.75) is 39.2 Å². The Morgan fingerprint density at radius 1 is 1.14 bits per heavy atom. The van der Waals surface area contributed by atoms with E-state index in [1.165, 1.54) is 0 Å². The van der Waals surface area contributed by atoms with Gasteiger partial charge in [0, 0.05) is 31.7 Å². The van der Waals surface area contributed by atoms with Crippen molar-refractivity contribution in [2.24, 2.45) is 5.41 Å². The Labute approximate surface area is 170 Å². The molecule has 0 bridgehead atoms. The number of aromatic nitrogens is 1. The zero-order chi connectivity index (χ0) is 20.6. The molecule has 0 saturated carbocycles. The van der Waals surface area contributed by atoms with Crippen LogP contribution in [0.1, 0.15) is 42.8 Å². The fourth-order valence-corrected chi connectivity index (χ4v) is 4.11. The number of hydrogen-bond donors (Lipinski definition) is 2. The molecule has 2 aromatic rings. The standard InChI is InChI=1S/C22H28N4O3/c1-15-17(18(25-29-15)16-7-5-4-6-8-16)19(27)26-11-9-22(10-12-26)20(28)23-13-21(2,3)14-24-22/h4-8,24H,9-14H2,1-3H3,(H,23,28). The average Bonchev–Trinajstić information content (AvgIpc) is 3.08. The van der Waals surface area contributed by atoms with Crippen molar-refractivity contribution >= 4 is 11.8 Å². The summed E-state index contributed by atoms with van der Waals surface area (Å²) in [5, 5.41) is 10.7. The molecule has 0 radical (unpaired) electrons. The lowest BCUT2D eigenvalue weighted by Gasteiger charge is -2.40. The number of rotatable bonds is 2. The normalized spacial score (nSPS) is 20.9. The largest absolute Gasteiger partial charge is 0.360 e. The van der Waals surface area contributed by atoms with Crippen molar-refractivity contribution in [1.82, 2.24) is 20.7 Å². The van der Waals surface area contributed by atoms with Gasteiger partial charge in [0.15, 0.2) is 0 Å². The van der Waals surface area contributed by atoms with E-state index in [2.05, 4.69) is 29.6 Å². The molecule has 2 saturated heterocycles. The van der Waals surface area contributed by atoms with E-state index in [-0.39, 0.29) is 17.2 Å². The minimum atomic E-state index is -0.601. The molecular weight excluding hydrogens is 368 g/mol. The number of aryl methyl sites for hydroxylation is 1. The number of nitrogens with one attached hydrogen (secondary N) is 2. The van der Waals surface area contributed by atoms with E-state index in [1.807, 2.05) is 35.2 Å². The predicted molar refractivity (Wildman–Crippen MR) is 109 cm³/mol. The van der Waals surface area contributed by atoms with Gasteiger partial charge in [-0.3, -0.25) is 9.59 Å². The number of piperidine rings is 1. The smallest absolute Gasteiger partial charge is 0.259 e. The number of likely N-dealkylation sites (tertiary alicyclic amines) is 1. The Morgan fingerprint density at radius 3 is 2.52 bits per heavy atom. The monoisotopic (exact) mass is 396 g/mol. The maximum atomic E-state index is 13.3. The third-order valence-electron chi connectivity index (χ3n) is 6.10. The minimum Gasteiger partial charge on any atom is -0.360 e. The van der Waals surface area contributed by atoms with Gasteiger partial charge in [-0.25, -0.2) is 0 Å². The van der Waals surface area contributed by atoms with Crippen molar-refractivity contribution in [3.8, 4) is 11.3 Å². The minimum absolute atomic E-state index is 0.0102. The molecule has 2 aliphatic heterocycles. The Kier molecular flexibility index (Phi) is 4.94. The lowest BCUT2D eigenvalue weighted by atomic mass is 9.85. The summed E-state index contributed by atoms with van der Waals surface area (Å²) in [4.78, 5) is 27.9. The van der Waals surface area contributed by atoms with Gasteiger partial charge in [0.05, 0.1) is 0 Å². The second kappa shape index (κ2) is 7.30. The van der Waals surface area contributed by atoms with Gasteiger partial charge < -0.3 is 20.1 Å². The molecule has 0 unspecified atom stereocenters. The highest BCUT2D eigenvalue weighted by atomic mass is 16.5. The zero-order valence-electron chi connectivity index (χ0n) is 17.2. The van der Waals surface area contributed by atoms with Gasteiger partial charge in [-0.1, -0.05) is 49.3 Å². The van der Waals surface area contributed by atoms with Crippen molar-refractivity contribution in [2.75, 3.05) is 26.2 Å². The van der Waals surface area contributed by atoms with E-state index in [9.17, 15) is 9.59 Å². The average molecular weight is 396 g/mol. The van der Waals surface area contributed by atoms with Crippen molar-refractivity contribution in [3.05, 3.63) is 41.7 Å². The second-order valence-corrected chi connectivity index (χ2v) is 8.90. The predicted octanol–water partition coefficient (Wildman–Crippen LogP) is 2.37. The van der Waals surface area contributed by atoms with Crippen molar-refractivity contribution in [1.29, 1.82) is 0 Å². The van der Waals surface area contributed by atoms with Crippen LogP contribution in [-0.4, -0.2) is 53.6 Å². The van der Waals surface area contributed by atoms with E-state index in [0.29, 0.717) is 49.5 Å². The molecule has 29 heavy (non-hydrogen) atoms. The van der Waals surface area contributed by atoms with Crippen LogP contribution in [-0.2, 0) is 4.79 Å². The maximum Gasteiger partial charge on any atom is 0.259 e. The fourth-order valence-electron chi connectivity index (χ4n) is 4.11. The summed E-state index contributed by atoms with van der Waals surface area (Å²) >= 11 is 0. The molecule has 0 atom stereocenters. The van der Waals surface area contributed by atoms with Gasteiger partial charge in [0.1, 0.15) is 22.6 Å². The molecule has 2 N–H and O–H groups in total. The molecule has 2 aliphatic rings. The molecular formula is C22H28N4O3. The van der Waals surface area contributed by atoms with E-state index in [1.54, 1.807) is 6.92 Å². The zero-order valence-corrected chi connectivity index (χ0v) is 17.2. The first-order valence-corrected chi connectivity index (χ1v) is 10.2. The first-order valence-electron chi connectivity index (χ1n) is 10.2. The molecule has 0 aliphatic carbocycles. The summed E-state index contributed by atoms with van der Waals surface area (Å²) < 4.78 is 5.35. The Bertz CT molecular complexity index is 911. The van der Waals surface area contributed by atoms with Gasteiger partial charge >= 0.3 is 0 Å². The molecule has 1 aromatic heterocycles. The highest BCUT2D eigenvalue weighted by Gasteiger charge is 2.45. The Morgan fingerprint density at radius 2 is 1.83 bits per heavy atom. The van der Waals surface area contributed by atoms with Crippen LogP contribution in [0.3, 0.4) is 0 Å². The van der Waals surface area contributed by atoms with Crippen molar-refractivity contribution in [3.63, 3.8) is 0 Å². The number of amides is 2. The van der Waals surface area contributed by atoms with E-state index in [0.717, 1.165) is 12.1 Å². The van der Waals surface area contributed by atoms with E-state index < -0.39 is 5.54 Å². The van der Waals surface area contributed by atoms with Crippen LogP contribution in [0.2, 0.25) is 0 Å². The maximum absolute atomic E-state index is 13.3. The van der Waals surface area contributed by atoms with Gasteiger partial charge in [-0.05, 0) is 25.2 Å². The lowest BCUT2D eigenvalue weighted by molar-refractivity contribution is -0.128. The van der Waals surface area contributed by atoms with Crippen molar-refractivity contribution < 1.29 is 14.1 Å². The molecule has 4 rings (SSSR count). The third-order valence-corrected chi connectivity index (χ3v) is 6.10. The SMILES string of the molecule is Cc1onc(-c2ccccc2)c1C(=O)N1CCC2(CC1)NCC(C)(C)CNC2=O. The first-order chi connectivity index (χ1) is 13.8. The Hall–Kier alpha value is -2.67. The lowest BCUT2D eigenvalue weighted by Crippen LogP contribution is -2.61. The van der Waals surface area contributed by atoms with Gasteiger partial charge in [-0.2, -0.15) is 0 Å². The highest BCUT2D eigenvalue weighted by Crippen LogP contribution is 2.31. The summed E-state index contributed by atoms with van der Waals surface area (Å²) in [6.45, 7) is 8.49. The Balaban J connectivity index is 1.52. The number of carbonyl (C=O) groups excluding carboxylic acids is 2. The summed E-state index contributed by atoms with van der Waals surface area (Å²) in [7, 11) is 0. The highest BCUT2D eigenvalue weighted by molar-refractivity contribution is 6.01. The molecule has 1 aromatic carbocycles. The topological polar surface area (TPSA) is 87.5 Å². The number of hydrogen-bond acceptors (Lipinski definition) is 5. The second-order valence-electron chi connectivity index (χ2n) is 8.90. The molecule has 3 heterocycles. The van der Waals surface area contributed by atoms with Crippen LogP contribution in [0.25, 0.3) is 11.3 Å². The summed E-state index contributed by atoms with van der Waals surface area (Å²) in [5.74, 6) is 0.467. The molecule has 2 fully saturated rings. The van der Waals surface area contributed by atoms with Crippen LogP contribution in [0.5, 0.6) is 0 Å². The van der Waals surface area contributed by atoms with Crippen LogP contribution >= 0.6 is 0 Å². The summed E-state index contributed by atoms with van der Waals surface area (Å²) in [6.07, 6.45) is 1.18. The molecule has 7 heteroatoms. The van der Waals surface area contributed by atoms with Crippen LogP contribution in [0.15, 0.2) is 34.9 Å². The van der Waals surface area contributed by atoms with Gasteiger partial charge in [-0.15, -0.1) is 0 Å². The number of benzene rings is 1. The van der Waals surface area contributed by atoms with Gasteiger partial charge in [0.2, 0.25) is 5.91 Å². The van der Waals surface area contributed by atoms with E-state index in [4.69, 9.17) is 4.52 Å². The molecule has 1 spiro atoms. The van der Waals surface area contributed by atoms with Crippen LogP contribution in [0, 0.1) is 12.3 Å². The quantitative estimate of drug-likeness (QED) is 0.814. The number of nitrogens with zero attached hydrogens (tertiary/aromatic N) is 2. The van der Waals surface area contributed by atoms with Crippen LogP contribution < -0.4 is 10.6 Å². The van der Waals surface area contributed by atoms with Gasteiger partial charge in [0.25, 0.3) is 5.91 Å². The summed E-state index contributed by atoms with van der Waals surface area (Å²) in [5.41, 5.74) is 1.34. The summed E-state index contributed by atoms with van der Waals surface area (Å²) in [6, 6.07) is 9.59.